The van der Waals surface area contributed by atoms with Crippen LogP contribution < -0.4 is 5.32 Å². The molecule has 27 heavy (non-hydrogen) atoms. The van der Waals surface area contributed by atoms with Crippen molar-refractivity contribution in [2.75, 3.05) is 17.7 Å². The molecule has 0 saturated carbocycles. The van der Waals surface area contributed by atoms with Crippen molar-refractivity contribution in [1.29, 1.82) is 0 Å². The van der Waals surface area contributed by atoms with E-state index in [0.717, 1.165) is 49.1 Å². The number of tetrazole rings is 1. The van der Waals surface area contributed by atoms with Crippen LogP contribution in [0, 0.1) is 0 Å². The van der Waals surface area contributed by atoms with E-state index in [9.17, 15) is 4.79 Å². The van der Waals surface area contributed by atoms with Crippen molar-refractivity contribution in [3.05, 3.63) is 28.3 Å². The summed E-state index contributed by atoms with van der Waals surface area (Å²) in [5, 5.41) is 16.1. The molecule has 146 valence electrons. The van der Waals surface area contributed by atoms with Crippen molar-refractivity contribution in [3.8, 4) is 0 Å². The number of aryl methyl sites for hydroxylation is 1. The van der Waals surface area contributed by atoms with Crippen LogP contribution in [-0.2, 0) is 28.9 Å². The van der Waals surface area contributed by atoms with Crippen LogP contribution in [0.15, 0.2) is 17.3 Å². The smallest absolute Gasteiger partial charge is 0.234 e. The lowest BCUT2D eigenvalue weighted by molar-refractivity contribution is -0.113. The number of ether oxygens (including phenoxy) is 1. The van der Waals surface area contributed by atoms with Gasteiger partial charge in [-0.3, -0.25) is 4.79 Å². The van der Waals surface area contributed by atoms with Gasteiger partial charge in [0.1, 0.15) is 0 Å². The molecule has 1 amide bonds. The second kappa shape index (κ2) is 9.52. The van der Waals surface area contributed by atoms with E-state index in [1.165, 1.54) is 11.8 Å². The molecule has 1 aliphatic heterocycles. The molecule has 0 aliphatic carbocycles. The van der Waals surface area contributed by atoms with Crippen molar-refractivity contribution in [3.63, 3.8) is 0 Å². The Hall–Kier alpha value is -1.64. The number of halogens is 1. The molecular formula is C18H24ClN5O2S. The van der Waals surface area contributed by atoms with Gasteiger partial charge in [-0.1, -0.05) is 43.3 Å². The normalized spacial score (nSPS) is 16.6. The number of amides is 1. The number of hydrogen-bond donors (Lipinski definition) is 1. The van der Waals surface area contributed by atoms with E-state index in [-0.39, 0.29) is 17.8 Å². The molecule has 1 N–H and O–H groups in total. The molecule has 1 atom stereocenters. The van der Waals surface area contributed by atoms with Crippen molar-refractivity contribution in [2.45, 2.75) is 57.3 Å². The minimum absolute atomic E-state index is 0.0988. The third-order valence-electron chi connectivity index (χ3n) is 4.57. The Balaban J connectivity index is 1.63. The fourth-order valence-corrected chi connectivity index (χ4v) is 4.15. The summed E-state index contributed by atoms with van der Waals surface area (Å²) in [7, 11) is 0. The predicted octanol–water partition coefficient (Wildman–Crippen LogP) is 3.36. The van der Waals surface area contributed by atoms with Gasteiger partial charge >= 0.3 is 0 Å². The lowest BCUT2D eigenvalue weighted by Gasteiger charge is -2.16. The summed E-state index contributed by atoms with van der Waals surface area (Å²) >= 11 is 7.63. The highest BCUT2D eigenvalue weighted by molar-refractivity contribution is 7.99. The van der Waals surface area contributed by atoms with Gasteiger partial charge in [0.2, 0.25) is 11.1 Å². The molecule has 1 fully saturated rings. The summed E-state index contributed by atoms with van der Waals surface area (Å²) in [5.41, 5.74) is 2.88. The number of carbonyl (C=O) groups is 1. The van der Waals surface area contributed by atoms with E-state index >= 15 is 0 Å². The number of hydrogen-bond acceptors (Lipinski definition) is 6. The van der Waals surface area contributed by atoms with Gasteiger partial charge in [0.05, 0.1) is 18.4 Å². The van der Waals surface area contributed by atoms with Gasteiger partial charge < -0.3 is 10.1 Å². The van der Waals surface area contributed by atoms with E-state index < -0.39 is 0 Å². The highest BCUT2D eigenvalue weighted by atomic mass is 35.5. The lowest BCUT2D eigenvalue weighted by Crippen LogP contribution is -2.19. The largest absolute Gasteiger partial charge is 0.376 e. The highest BCUT2D eigenvalue weighted by Crippen LogP contribution is 2.30. The van der Waals surface area contributed by atoms with Crippen LogP contribution in [0.2, 0.25) is 5.02 Å². The number of benzene rings is 1. The molecule has 2 heterocycles. The van der Waals surface area contributed by atoms with E-state index in [4.69, 9.17) is 16.3 Å². The molecule has 7 nitrogen and oxygen atoms in total. The van der Waals surface area contributed by atoms with E-state index in [2.05, 4.69) is 27.8 Å². The topological polar surface area (TPSA) is 81.9 Å². The first-order valence-corrected chi connectivity index (χ1v) is 10.6. The van der Waals surface area contributed by atoms with Crippen LogP contribution in [-0.4, -0.2) is 44.6 Å². The Morgan fingerprint density at radius 2 is 2.26 bits per heavy atom. The lowest BCUT2D eigenvalue weighted by atomic mass is 10.0. The molecular weight excluding hydrogens is 386 g/mol. The molecule has 0 radical (unpaired) electrons. The molecule has 1 saturated heterocycles. The van der Waals surface area contributed by atoms with Gasteiger partial charge in [-0.05, 0) is 53.3 Å². The first kappa shape index (κ1) is 20.1. The van der Waals surface area contributed by atoms with Gasteiger partial charge in [0.25, 0.3) is 0 Å². The zero-order valence-corrected chi connectivity index (χ0v) is 17.1. The van der Waals surface area contributed by atoms with E-state index in [1.807, 2.05) is 19.1 Å². The Kier molecular flexibility index (Phi) is 7.09. The van der Waals surface area contributed by atoms with Crippen molar-refractivity contribution < 1.29 is 9.53 Å². The van der Waals surface area contributed by atoms with Gasteiger partial charge in [0, 0.05) is 17.3 Å². The third-order valence-corrected chi connectivity index (χ3v) is 5.88. The first-order valence-electron chi connectivity index (χ1n) is 9.23. The number of nitrogens with zero attached hydrogens (tertiary/aromatic N) is 4. The zero-order chi connectivity index (χ0) is 19.2. The quantitative estimate of drug-likeness (QED) is 0.673. The summed E-state index contributed by atoms with van der Waals surface area (Å²) in [6.45, 7) is 5.50. The van der Waals surface area contributed by atoms with Crippen molar-refractivity contribution in [2.24, 2.45) is 0 Å². The standard InChI is InChI=1S/C18H24ClN5O2S/c1-3-12-7-8-15(19)14(4-2)17(12)20-16(25)11-27-18-21-22-23-24(18)10-13-6-5-9-26-13/h7-8,13H,3-6,9-11H2,1-2H3,(H,20,25)/t13-/m1/s1. The summed E-state index contributed by atoms with van der Waals surface area (Å²) in [6, 6.07) is 3.86. The minimum atomic E-state index is -0.0988. The van der Waals surface area contributed by atoms with Crippen LogP contribution in [0.4, 0.5) is 5.69 Å². The number of nitrogens with one attached hydrogen (secondary N) is 1. The van der Waals surface area contributed by atoms with Crippen LogP contribution in [0.1, 0.15) is 37.8 Å². The number of thioether (sulfide) groups is 1. The molecule has 1 aliphatic rings. The Bertz CT molecular complexity index is 792. The highest BCUT2D eigenvalue weighted by Gasteiger charge is 2.20. The minimum Gasteiger partial charge on any atom is -0.376 e. The molecule has 0 spiro atoms. The van der Waals surface area contributed by atoms with Gasteiger partial charge in [0.15, 0.2) is 0 Å². The summed E-state index contributed by atoms with van der Waals surface area (Å²) in [4.78, 5) is 12.5. The monoisotopic (exact) mass is 409 g/mol. The Morgan fingerprint density at radius 3 is 2.96 bits per heavy atom. The molecule has 1 aromatic carbocycles. The average molecular weight is 410 g/mol. The van der Waals surface area contributed by atoms with Crippen molar-refractivity contribution >= 4 is 35.0 Å². The maximum absolute atomic E-state index is 12.5. The SMILES string of the molecule is CCc1ccc(Cl)c(CC)c1NC(=O)CSc1nnnn1C[C@H]1CCCO1. The fraction of sp³-hybridized carbons (Fsp3) is 0.556. The molecule has 0 unspecified atom stereocenters. The van der Waals surface area contributed by atoms with Crippen LogP contribution in [0.3, 0.4) is 0 Å². The van der Waals surface area contributed by atoms with Crippen LogP contribution in [0.5, 0.6) is 0 Å². The van der Waals surface area contributed by atoms with Gasteiger partial charge in [-0.25, -0.2) is 4.68 Å². The maximum Gasteiger partial charge on any atom is 0.234 e. The predicted molar refractivity (Wildman–Crippen MR) is 106 cm³/mol. The number of carbonyl (C=O) groups excluding carboxylic acids is 1. The Morgan fingerprint density at radius 1 is 1.41 bits per heavy atom. The van der Waals surface area contributed by atoms with Gasteiger partial charge in [-0.2, -0.15) is 0 Å². The summed E-state index contributed by atoms with van der Waals surface area (Å²) in [6.07, 6.45) is 3.81. The average Bonchev–Trinajstić information content (AvgIpc) is 3.33. The molecule has 0 bridgehead atoms. The molecule has 2 aromatic rings. The summed E-state index contributed by atoms with van der Waals surface area (Å²) in [5.74, 6) is 0.128. The number of aromatic nitrogens is 4. The second-order valence-corrected chi connectivity index (χ2v) is 7.73. The molecule has 1 aromatic heterocycles. The third kappa shape index (κ3) is 5.00. The van der Waals surface area contributed by atoms with E-state index in [1.54, 1.807) is 4.68 Å². The number of rotatable bonds is 8. The first-order chi connectivity index (χ1) is 13.1. The van der Waals surface area contributed by atoms with E-state index in [0.29, 0.717) is 16.7 Å². The zero-order valence-electron chi connectivity index (χ0n) is 15.6. The van der Waals surface area contributed by atoms with Crippen molar-refractivity contribution in [1.82, 2.24) is 20.2 Å². The van der Waals surface area contributed by atoms with Gasteiger partial charge in [-0.15, -0.1) is 5.10 Å². The summed E-state index contributed by atoms with van der Waals surface area (Å²) < 4.78 is 7.34. The van der Waals surface area contributed by atoms with Crippen LogP contribution in [0.25, 0.3) is 0 Å². The number of anilines is 1. The van der Waals surface area contributed by atoms with Crippen LogP contribution >= 0.6 is 23.4 Å². The molecule has 3 rings (SSSR count). The fourth-order valence-electron chi connectivity index (χ4n) is 3.17. The maximum atomic E-state index is 12.5. The Labute approximate surface area is 168 Å². The second-order valence-electron chi connectivity index (χ2n) is 6.38. The molecule has 9 heteroatoms.